The zero-order valence-corrected chi connectivity index (χ0v) is 17.7. The van der Waals surface area contributed by atoms with E-state index in [1.54, 1.807) is 6.07 Å². The zero-order valence-electron chi connectivity index (χ0n) is 16.1. The van der Waals surface area contributed by atoms with Crippen molar-refractivity contribution in [3.8, 4) is 11.3 Å². The summed E-state index contributed by atoms with van der Waals surface area (Å²) in [7, 11) is 0. The first kappa shape index (κ1) is 23.0. The van der Waals surface area contributed by atoms with Gasteiger partial charge >= 0.3 is 0 Å². The Balaban J connectivity index is 1.64. The van der Waals surface area contributed by atoms with E-state index in [1.165, 1.54) is 29.5 Å². The van der Waals surface area contributed by atoms with Crippen LogP contribution in [-0.2, 0) is 4.74 Å². The Morgan fingerprint density at radius 2 is 1.81 bits per heavy atom. The van der Waals surface area contributed by atoms with Crippen molar-refractivity contribution in [1.29, 1.82) is 0 Å². The Kier molecular flexibility index (Phi) is 6.75. The Bertz CT molecular complexity index is 1100. The second kappa shape index (κ2) is 9.38. The van der Waals surface area contributed by atoms with Crippen LogP contribution in [0.2, 0.25) is 5.02 Å². The van der Waals surface area contributed by atoms with Gasteiger partial charge in [-0.1, -0.05) is 23.4 Å². The Morgan fingerprint density at radius 3 is 2.47 bits per heavy atom. The van der Waals surface area contributed by atoms with E-state index in [0.717, 1.165) is 23.9 Å². The second-order valence-electron chi connectivity index (χ2n) is 7.11. The monoisotopic (exact) mass is 487 g/mol. The molecule has 0 bridgehead atoms. The number of hydrogen-bond acceptors (Lipinski definition) is 7. The van der Waals surface area contributed by atoms with Gasteiger partial charge in [-0.3, -0.25) is 4.98 Å². The highest BCUT2D eigenvalue weighted by atomic mass is 35.5. The van der Waals surface area contributed by atoms with Gasteiger partial charge < -0.3 is 24.6 Å². The molecule has 5 atom stereocenters. The third-order valence-corrected chi connectivity index (χ3v) is 6.33. The highest BCUT2D eigenvalue weighted by Crippen LogP contribution is 2.39. The number of aliphatic hydroxyl groups excluding tert-OH is 3. The molecule has 7 nitrogen and oxygen atoms in total. The van der Waals surface area contributed by atoms with E-state index in [4.69, 9.17) is 16.3 Å². The molecule has 1 fully saturated rings. The van der Waals surface area contributed by atoms with Gasteiger partial charge in [0.25, 0.3) is 0 Å². The van der Waals surface area contributed by atoms with Crippen LogP contribution < -0.4 is 0 Å². The van der Waals surface area contributed by atoms with Crippen molar-refractivity contribution in [3.63, 3.8) is 0 Å². The Morgan fingerprint density at radius 1 is 1.09 bits per heavy atom. The number of ether oxygens (including phenoxy) is 1. The Hall–Kier alpha value is -2.15. The quantitative estimate of drug-likeness (QED) is 0.476. The lowest BCUT2D eigenvalue weighted by molar-refractivity contribution is -0.176. The number of rotatable bonds is 5. The van der Waals surface area contributed by atoms with Crippen LogP contribution in [0.1, 0.15) is 6.04 Å². The number of pyridine rings is 1. The molecule has 0 aliphatic carbocycles. The van der Waals surface area contributed by atoms with Crippen molar-refractivity contribution in [2.24, 2.45) is 0 Å². The standard InChI is InChI=1S/C20H17ClF3N3O4S/c21-10-3-11(5-25-4-10)32-20-19(30)17(18(29)15(7-28)31-20)27-6-14(26-8-27)9-1-12(22)16(24)13(23)2-9/h1-6,8,15,17-20,28-30H,7H2/t15?,17-,18-,19?,20+/m0/s1. The fraction of sp³-hybridized carbons (Fsp3) is 0.300. The molecule has 12 heteroatoms. The molecule has 1 aromatic carbocycles. The third-order valence-electron chi connectivity index (χ3n) is 5.01. The van der Waals surface area contributed by atoms with Crippen molar-refractivity contribution in [3.05, 3.63) is 65.6 Å². The summed E-state index contributed by atoms with van der Waals surface area (Å²) >= 11 is 7.05. The second-order valence-corrected chi connectivity index (χ2v) is 8.72. The molecule has 0 saturated carbocycles. The fourth-order valence-electron chi connectivity index (χ4n) is 3.46. The lowest BCUT2D eigenvalue weighted by atomic mass is 9.97. The molecule has 4 rings (SSSR count). The smallest absolute Gasteiger partial charge is 0.194 e. The number of nitrogens with zero attached hydrogens (tertiary/aromatic N) is 3. The summed E-state index contributed by atoms with van der Waals surface area (Å²) in [6, 6.07) is 2.20. The minimum Gasteiger partial charge on any atom is -0.394 e. The third kappa shape index (κ3) is 4.49. The maximum Gasteiger partial charge on any atom is 0.194 e. The van der Waals surface area contributed by atoms with E-state index in [-0.39, 0.29) is 11.3 Å². The first-order valence-electron chi connectivity index (χ1n) is 9.36. The van der Waals surface area contributed by atoms with Gasteiger partial charge in [0.15, 0.2) is 17.5 Å². The zero-order chi connectivity index (χ0) is 23.0. The molecule has 1 aliphatic heterocycles. The molecular weight excluding hydrogens is 471 g/mol. The number of hydrogen-bond donors (Lipinski definition) is 3. The van der Waals surface area contributed by atoms with Crippen LogP contribution in [0.3, 0.4) is 0 Å². The average molecular weight is 488 g/mol. The van der Waals surface area contributed by atoms with E-state index in [1.807, 2.05) is 0 Å². The summed E-state index contributed by atoms with van der Waals surface area (Å²) in [5.41, 5.74) is -0.837. The normalized spacial score (nSPS) is 25.8. The van der Waals surface area contributed by atoms with Gasteiger partial charge in [-0.05, 0) is 18.2 Å². The van der Waals surface area contributed by atoms with Gasteiger partial charge in [0, 0.05) is 29.0 Å². The van der Waals surface area contributed by atoms with Crippen molar-refractivity contribution in [2.75, 3.05) is 6.61 Å². The lowest BCUT2D eigenvalue weighted by Crippen LogP contribution is -2.54. The topological polar surface area (TPSA) is 101 Å². The number of benzene rings is 1. The van der Waals surface area contributed by atoms with Crippen LogP contribution in [0, 0.1) is 17.5 Å². The van der Waals surface area contributed by atoms with Gasteiger partial charge in [0.05, 0.1) is 29.7 Å². The molecule has 0 amide bonds. The maximum absolute atomic E-state index is 13.6. The first-order valence-corrected chi connectivity index (χ1v) is 10.6. The summed E-state index contributed by atoms with van der Waals surface area (Å²) in [6.45, 7) is -0.523. The van der Waals surface area contributed by atoms with Crippen LogP contribution in [0.5, 0.6) is 0 Å². The lowest BCUT2D eigenvalue weighted by Gasteiger charge is -2.42. The van der Waals surface area contributed by atoms with Crippen molar-refractivity contribution >= 4 is 23.4 Å². The van der Waals surface area contributed by atoms with Crippen LogP contribution in [0.4, 0.5) is 13.2 Å². The van der Waals surface area contributed by atoms with Crippen molar-refractivity contribution in [2.45, 2.75) is 34.7 Å². The predicted molar refractivity (Wildman–Crippen MR) is 109 cm³/mol. The van der Waals surface area contributed by atoms with E-state index in [2.05, 4.69) is 9.97 Å². The summed E-state index contributed by atoms with van der Waals surface area (Å²) in [5, 5.41) is 31.7. The van der Waals surface area contributed by atoms with E-state index < -0.39 is 53.8 Å². The van der Waals surface area contributed by atoms with Crippen LogP contribution >= 0.6 is 23.4 Å². The van der Waals surface area contributed by atoms with Gasteiger partial charge in [0.1, 0.15) is 23.7 Å². The minimum atomic E-state index is -1.59. The largest absolute Gasteiger partial charge is 0.394 e. The molecule has 0 radical (unpaired) electrons. The summed E-state index contributed by atoms with van der Waals surface area (Å²) in [6.07, 6.45) is 1.95. The minimum absolute atomic E-state index is 0.0224. The van der Waals surface area contributed by atoms with E-state index >= 15 is 0 Å². The van der Waals surface area contributed by atoms with Crippen LogP contribution in [-0.4, -0.2) is 60.2 Å². The number of thioether (sulfide) groups is 1. The molecule has 2 aromatic heterocycles. The molecule has 3 aromatic rings. The van der Waals surface area contributed by atoms with Gasteiger partial charge in [-0.15, -0.1) is 0 Å². The predicted octanol–water partition coefficient (Wildman–Crippen LogP) is 2.79. The molecule has 32 heavy (non-hydrogen) atoms. The number of imidazole rings is 1. The summed E-state index contributed by atoms with van der Waals surface area (Å²) in [4.78, 5) is 8.63. The molecule has 0 spiro atoms. The van der Waals surface area contributed by atoms with E-state index in [0.29, 0.717) is 9.92 Å². The van der Waals surface area contributed by atoms with E-state index in [9.17, 15) is 28.5 Å². The highest BCUT2D eigenvalue weighted by Gasteiger charge is 2.45. The molecule has 1 saturated heterocycles. The van der Waals surface area contributed by atoms with Gasteiger partial charge in [-0.2, -0.15) is 0 Å². The average Bonchev–Trinajstić information content (AvgIpc) is 3.23. The molecule has 1 aliphatic rings. The Labute approximate surface area is 189 Å². The number of aliphatic hydroxyl groups is 3. The van der Waals surface area contributed by atoms with Crippen molar-refractivity contribution < 1.29 is 33.2 Å². The van der Waals surface area contributed by atoms with Crippen LogP contribution in [0.15, 0.2) is 48.0 Å². The van der Waals surface area contributed by atoms with Gasteiger partial charge in [0.2, 0.25) is 0 Å². The summed E-state index contributed by atoms with van der Waals surface area (Å²) < 4.78 is 47.5. The van der Waals surface area contributed by atoms with Crippen molar-refractivity contribution in [1.82, 2.24) is 14.5 Å². The van der Waals surface area contributed by atoms with Gasteiger partial charge in [-0.25, -0.2) is 18.2 Å². The molecule has 170 valence electrons. The molecular formula is C20H17ClF3N3O4S. The number of halogens is 4. The molecule has 3 heterocycles. The maximum atomic E-state index is 13.6. The molecule has 2 unspecified atom stereocenters. The summed E-state index contributed by atoms with van der Waals surface area (Å²) in [5.74, 6) is -4.33. The number of aromatic nitrogens is 3. The fourth-order valence-corrected chi connectivity index (χ4v) is 4.78. The first-order chi connectivity index (χ1) is 15.3. The SMILES string of the molecule is OCC1O[C@H](Sc2cncc(Cl)c2)C(O)[C@@H](n2cnc(-c3cc(F)c(F)c(F)c3)c2)[C@H]1O. The van der Waals surface area contributed by atoms with Crippen LogP contribution in [0.25, 0.3) is 11.3 Å². The highest BCUT2D eigenvalue weighted by molar-refractivity contribution is 7.99. The molecule has 3 N–H and O–H groups in total.